The van der Waals surface area contributed by atoms with Crippen LogP contribution in [-0.4, -0.2) is 18.8 Å². The Morgan fingerprint density at radius 3 is 2.86 bits per heavy atom. The lowest BCUT2D eigenvalue weighted by Crippen LogP contribution is -2.12. The molecule has 3 nitrogen and oxygen atoms in total. The van der Waals surface area contributed by atoms with Crippen LogP contribution in [-0.2, 0) is 0 Å². The van der Waals surface area contributed by atoms with Gasteiger partial charge in [-0.05, 0) is 12.1 Å². The summed E-state index contributed by atoms with van der Waals surface area (Å²) in [7, 11) is 1.46. The van der Waals surface area contributed by atoms with Crippen molar-refractivity contribution in [2.75, 3.05) is 13.0 Å². The number of ether oxygens (including phenoxy) is 1. The Morgan fingerprint density at radius 2 is 2.36 bits per heavy atom. The first kappa shape index (κ1) is 10.8. The van der Waals surface area contributed by atoms with Crippen LogP contribution in [0.5, 0.6) is 5.75 Å². The van der Waals surface area contributed by atoms with Gasteiger partial charge in [0.15, 0.2) is 5.82 Å². The summed E-state index contributed by atoms with van der Waals surface area (Å²) in [6.07, 6.45) is 0. The Labute approximate surface area is 86.3 Å². The molecule has 14 heavy (non-hydrogen) atoms. The summed E-state index contributed by atoms with van der Waals surface area (Å²) >= 11 is 5.41. The summed E-state index contributed by atoms with van der Waals surface area (Å²) in [5, 5.41) is 0. The summed E-state index contributed by atoms with van der Waals surface area (Å²) in [5.41, 5.74) is 5.52. The first-order chi connectivity index (χ1) is 6.67. The molecule has 0 bridgehead atoms. The highest BCUT2D eigenvalue weighted by Gasteiger charge is 2.02. The number of methoxy groups -OCH3 is 1. The van der Waals surface area contributed by atoms with E-state index in [1.165, 1.54) is 19.2 Å². The quantitative estimate of drug-likeness (QED) is 0.478. The van der Waals surface area contributed by atoms with E-state index >= 15 is 0 Å². The molecule has 0 spiro atoms. The van der Waals surface area contributed by atoms with Gasteiger partial charge in [-0.15, -0.1) is 11.6 Å². The fourth-order valence-electron chi connectivity index (χ4n) is 0.890. The predicted octanol–water partition coefficient (Wildman–Crippen LogP) is 2.06. The number of hydrogen-bond donors (Lipinski definition) is 1. The molecular formula is C9H10ClFN2O. The number of alkyl halides is 1. The Balaban J connectivity index is 3.00. The molecule has 0 saturated heterocycles. The van der Waals surface area contributed by atoms with Crippen LogP contribution in [0.1, 0.15) is 0 Å². The summed E-state index contributed by atoms with van der Waals surface area (Å²) in [4.78, 5) is 3.78. The number of aliphatic imine (C=N–C) groups is 1. The molecule has 0 aliphatic heterocycles. The van der Waals surface area contributed by atoms with Crippen molar-refractivity contribution < 1.29 is 9.13 Å². The Bertz CT molecular complexity index is 355. The molecule has 0 radical (unpaired) electrons. The highest BCUT2D eigenvalue weighted by Crippen LogP contribution is 2.22. The first-order valence-electron chi connectivity index (χ1n) is 3.90. The second kappa shape index (κ2) is 4.81. The monoisotopic (exact) mass is 216 g/mol. The molecule has 0 fully saturated rings. The van der Waals surface area contributed by atoms with Crippen LogP contribution >= 0.6 is 11.6 Å². The van der Waals surface area contributed by atoms with Crippen molar-refractivity contribution in [3.63, 3.8) is 0 Å². The minimum atomic E-state index is -0.489. The number of hydrogen-bond acceptors (Lipinski definition) is 2. The third kappa shape index (κ3) is 2.60. The fraction of sp³-hybridized carbons (Fsp3) is 0.222. The van der Waals surface area contributed by atoms with Crippen LogP contribution in [0.25, 0.3) is 0 Å². The molecule has 0 unspecified atom stereocenters. The Kier molecular flexibility index (Phi) is 3.71. The molecule has 0 heterocycles. The number of nitrogens with two attached hydrogens (primary N) is 1. The minimum absolute atomic E-state index is 0.0749. The second-order valence-corrected chi connectivity index (χ2v) is 2.82. The van der Waals surface area contributed by atoms with Gasteiger partial charge in [-0.2, -0.15) is 0 Å². The van der Waals surface area contributed by atoms with E-state index in [1.54, 1.807) is 6.07 Å². The van der Waals surface area contributed by atoms with Crippen LogP contribution in [0.2, 0.25) is 0 Å². The molecule has 0 saturated carbocycles. The van der Waals surface area contributed by atoms with Gasteiger partial charge in [-0.3, -0.25) is 0 Å². The number of halogens is 2. The predicted molar refractivity (Wildman–Crippen MR) is 55.0 cm³/mol. The van der Waals surface area contributed by atoms with Gasteiger partial charge in [-0.25, -0.2) is 9.38 Å². The van der Waals surface area contributed by atoms with Crippen molar-refractivity contribution in [1.29, 1.82) is 0 Å². The van der Waals surface area contributed by atoms with Gasteiger partial charge >= 0.3 is 0 Å². The van der Waals surface area contributed by atoms with Gasteiger partial charge in [0.05, 0.1) is 13.0 Å². The van der Waals surface area contributed by atoms with E-state index in [9.17, 15) is 4.39 Å². The normalized spacial score (nSPS) is 11.5. The second-order valence-electron chi connectivity index (χ2n) is 2.55. The van der Waals surface area contributed by atoms with Gasteiger partial charge in [0.25, 0.3) is 0 Å². The van der Waals surface area contributed by atoms with Crippen LogP contribution in [0, 0.1) is 5.82 Å². The zero-order valence-corrected chi connectivity index (χ0v) is 8.38. The van der Waals surface area contributed by atoms with Gasteiger partial charge in [-0.1, -0.05) is 0 Å². The Hall–Kier alpha value is -1.29. The van der Waals surface area contributed by atoms with Gasteiger partial charge < -0.3 is 10.5 Å². The molecule has 0 aromatic heterocycles. The maximum atomic E-state index is 13.2. The Morgan fingerprint density at radius 1 is 1.64 bits per heavy atom. The van der Waals surface area contributed by atoms with Gasteiger partial charge in [0, 0.05) is 6.07 Å². The van der Waals surface area contributed by atoms with Crippen molar-refractivity contribution in [2.45, 2.75) is 0 Å². The topological polar surface area (TPSA) is 47.6 Å². The van der Waals surface area contributed by atoms with Crippen molar-refractivity contribution >= 4 is 23.1 Å². The first-order valence-corrected chi connectivity index (χ1v) is 4.43. The van der Waals surface area contributed by atoms with Crippen molar-refractivity contribution in [3.05, 3.63) is 24.0 Å². The molecule has 2 N–H and O–H groups in total. The van der Waals surface area contributed by atoms with E-state index in [2.05, 4.69) is 4.99 Å². The van der Waals surface area contributed by atoms with Gasteiger partial charge in [0.1, 0.15) is 17.3 Å². The smallest absolute Gasteiger partial charge is 0.152 e. The van der Waals surface area contributed by atoms with Crippen molar-refractivity contribution in [2.24, 2.45) is 10.7 Å². The molecule has 0 amide bonds. The fourth-order valence-corrected chi connectivity index (χ4v) is 0.950. The molecular weight excluding hydrogens is 207 g/mol. The number of nitrogens with zero attached hydrogens (tertiary/aromatic N) is 1. The molecule has 1 aromatic rings. The molecule has 1 aromatic carbocycles. The van der Waals surface area contributed by atoms with Crippen LogP contribution in [0.3, 0.4) is 0 Å². The zero-order valence-electron chi connectivity index (χ0n) is 7.63. The highest BCUT2D eigenvalue weighted by atomic mass is 35.5. The summed E-state index contributed by atoms with van der Waals surface area (Å²) in [5.74, 6) is 0.199. The highest BCUT2D eigenvalue weighted by molar-refractivity contribution is 6.28. The van der Waals surface area contributed by atoms with Crippen molar-refractivity contribution in [1.82, 2.24) is 0 Å². The van der Waals surface area contributed by atoms with Crippen LogP contribution < -0.4 is 10.5 Å². The van der Waals surface area contributed by atoms with Crippen molar-refractivity contribution in [3.8, 4) is 5.75 Å². The van der Waals surface area contributed by atoms with E-state index in [1.807, 2.05) is 0 Å². The van der Waals surface area contributed by atoms with E-state index in [0.29, 0.717) is 5.75 Å². The molecule has 0 atom stereocenters. The van der Waals surface area contributed by atoms with Crippen LogP contribution in [0.15, 0.2) is 23.2 Å². The maximum Gasteiger partial charge on any atom is 0.152 e. The average Bonchev–Trinajstić information content (AvgIpc) is 2.20. The third-order valence-corrected chi connectivity index (χ3v) is 1.83. The lowest BCUT2D eigenvalue weighted by molar-refractivity contribution is 0.411. The number of benzene rings is 1. The van der Waals surface area contributed by atoms with Gasteiger partial charge in [0.2, 0.25) is 0 Å². The zero-order chi connectivity index (χ0) is 10.6. The van der Waals surface area contributed by atoms with Crippen LogP contribution in [0.4, 0.5) is 10.1 Å². The standard InChI is InChI=1S/C9H10ClFN2O/c1-14-6-2-3-8(7(11)4-6)13-9(12)5-10/h2-4H,5H2,1H3,(H2,12,13). The van der Waals surface area contributed by atoms with E-state index in [0.717, 1.165) is 0 Å². The molecule has 0 aliphatic carbocycles. The SMILES string of the molecule is COc1ccc(N=C(N)CCl)c(F)c1. The lowest BCUT2D eigenvalue weighted by atomic mass is 10.3. The largest absolute Gasteiger partial charge is 0.497 e. The van der Waals surface area contributed by atoms with E-state index < -0.39 is 5.82 Å². The maximum absolute atomic E-state index is 13.2. The molecule has 76 valence electrons. The number of rotatable bonds is 3. The molecule has 5 heteroatoms. The summed E-state index contributed by atoms with van der Waals surface area (Å²) < 4.78 is 18.1. The third-order valence-electron chi connectivity index (χ3n) is 1.56. The molecule has 0 aliphatic rings. The summed E-state index contributed by atoms with van der Waals surface area (Å²) in [6.45, 7) is 0. The number of amidine groups is 1. The average molecular weight is 217 g/mol. The lowest BCUT2D eigenvalue weighted by Gasteiger charge is -2.02. The summed E-state index contributed by atoms with van der Waals surface area (Å²) in [6, 6.07) is 4.32. The molecule has 1 rings (SSSR count). The van der Waals surface area contributed by atoms with E-state index in [-0.39, 0.29) is 17.4 Å². The minimum Gasteiger partial charge on any atom is -0.497 e. The van der Waals surface area contributed by atoms with E-state index in [4.69, 9.17) is 22.1 Å².